The molecular weight excluding hydrogens is 370 g/mol. The van der Waals surface area contributed by atoms with Crippen LogP contribution in [0, 0.1) is 5.92 Å². The van der Waals surface area contributed by atoms with Gasteiger partial charge >= 0.3 is 6.61 Å². The highest BCUT2D eigenvalue weighted by atomic mass is 32.1. The van der Waals surface area contributed by atoms with Crippen LogP contribution < -0.4 is 4.74 Å². The molecule has 1 atom stereocenters. The molecule has 1 aromatic carbocycles. The maximum atomic E-state index is 12.7. The second-order valence-electron chi connectivity index (χ2n) is 6.85. The Morgan fingerprint density at radius 1 is 1.30 bits per heavy atom. The van der Waals surface area contributed by atoms with Crippen LogP contribution in [0.15, 0.2) is 30.6 Å². The Morgan fingerprint density at radius 2 is 2.15 bits per heavy atom. The molecule has 4 aromatic rings. The molecule has 3 aromatic heterocycles. The Kier molecular flexibility index (Phi) is 3.82. The topological polar surface area (TPSA) is 52.3 Å². The molecule has 0 amide bonds. The van der Waals surface area contributed by atoms with Crippen LogP contribution in [0.4, 0.5) is 8.78 Å². The summed E-state index contributed by atoms with van der Waals surface area (Å²) in [7, 11) is 0. The van der Waals surface area contributed by atoms with Crippen LogP contribution in [0.2, 0.25) is 0 Å². The van der Waals surface area contributed by atoms with Gasteiger partial charge in [0.25, 0.3) is 0 Å². The Balaban J connectivity index is 1.70. The van der Waals surface area contributed by atoms with E-state index in [4.69, 9.17) is 0 Å². The second-order valence-corrected chi connectivity index (χ2v) is 7.94. The zero-order chi connectivity index (χ0) is 18.5. The molecule has 1 aliphatic rings. The van der Waals surface area contributed by atoms with Crippen molar-refractivity contribution in [1.29, 1.82) is 0 Å². The maximum Gasteiger partial charge on any atom is 0.387 e. The first kappa shape index (κ1) is 16.6. The van der Waals surface area contributed by atoms with Gasteiger partial charge in [-0.05, 0) is 42.9 Å². The van der Waals surface area contributed by atoms with E-state index < -0.39 is 6.61 Å². The van der Waals surface area contributed by atoms with E-state index in [0.29, 0.717) is 23.0 Å². The number of benzene rings is 1. The molecule has 27 heavy (non-hydrogen) atoms. The molecule has 0 fully saturated rings. The van der Waals surface area contributed by atoms with Crippen molar-refractivity contribution < 1.29 is 13.5 Å². The lowest BCUT2D eigenvalue weighted by atomic mass is 9.89. The van der Waals surface area contributed by atoms with Crippen LogP contribution in [0.25, 0.3) is 27.3 Å². The zero-order valence-electron chi connectivity index (χ0n) is 14.5. The standard InChI is InChI=1S/C19H16F2N4OS/c1-10-6-7-12-14(8-10)27-18-15(12)17-23-16(24-25(17)9-22-18)11-4-2-3-5-13(11)26-19(20)21/h2-5,9-10,19H,6-8H2,1H3. The number of thiophene rings is 1. The third kappa shape index (κ3) is 2.75. The van der Waals surface area contributed by atoms with Crippen molar-refractivity contribution in [2.45, 2.75) is 32.8 Å². The number of hydrogen-bond acceptors (Lipinski definition) is 5. The summed E-state index contributed by atoms with van der Waals surface area (Å²) in [5.74, 6) is 1.09. The number of rotatable bonds is 3. The van der Waals surface area contributed by atoms with Gasteiger partial charge in [-0.25, -0.2) is 14.5 Å². The molecule has 0 N–H and O–H groups in total. The minimum atomic E-state index is -2.90. The summed E-state index contributed by atoms with van der Waals surface area (Å²) in [6.45, 7) is -0.631. The van der Waals surface area contributed by atoms with Gasteiger partial charge in [0.15, 0.2) is 11.5 Å². The van der Waals surface area contributed by atoms with Gasteiger partial charge < -0.3 is 4.74 Å². The van der Waals surface area contributed by atoms with Crippen molar-refractivity contribution in [1.82, 2.24) is 19.6 Å². The van der Waals surface area contributed by atoms with E-state index in [-0.39, 0.29) is 5.75 Å². The summed E-state index contributed by atoms with van der Waals surface area (Å²) in [4.78, 5) is 11.5. The molecule has 1 unspecified atom stereocenters. The predicted molar refractivity (Wildman–Crippen MR) is 99.4 cm³/mol. The number of ether oxygens (including phenoxy) is 1. The number of alkyl halides is 2. The Morgan fingerprint density at radius 3 is 3.00 bits per heavy atom. The highest BCUT2D eigenvalue weighted by Crippen LogP contribution is 2.39. The zero-order valence-corrected chi connectivity index (χ0v) is 15.3. The van der Waals surface area contributed by atoms with E-state index in [1.54, 1.807) is 40.4 Å². The first-order valence-electron chi connectivity index (χ1n) is 8.80. The number of aromatic nitrogens is 4. The predicted octanol–water partition coefficient (Wildman–Crippen LogP) is 4.73. The van der Waals surface area contributed by atoms with Gasteiger partial charge in [-0.3, -0.25) is 0 Å². The molecular formula is C19H16F2N4OS. The Hall–Kier alpha value is -2.61. The van der Waals surface area contributed by atoms with Crippen molar-refractivity contribution >= 4 is 27.2 Å². The molecule has 0 aliphatic heterocycles. The molecule has 138 valence electrons. The van der Waals surface area contributed by atoms with Gasteiger partial charge in [0, 0.05) is 4.88 Å². The summed E-state index contributed by atoms with van der Waals surface area (Å²) in [6.07, 6.45) is 4.85. The summed E-state index contributed by atoms with van der Waals surface area (Å²) in [5.41, 5.74) is 2.46. The maximum absolute atomic E-state index is 12.7. The minimum Gasteiger partial charge on any atom is -0.434 e. The molecule has 0 bridgehead atoms. The first-order valence-corrected chi connectivity index (χ1v) is 9.61. The van der Waals surface area contributed by atoms with E-state index in [1.807, 2.05) is 0 Å². The smallest absolute Gasteiger partial charge is 0.387 e. The highest BCUT2D eigenvalue weighted by molar-refractivity contribution is 7.19. The van der Waals surface area contributed by atoms with E-state index in [9.17, 15) is 8.78 Å². The SMILES string of the molecule is CC1CCc2c(sc3ncn4nc(-c5ccccc5OC(F)F)nc4c23)C1. The third-order valence-corrected chi connectivity index (χ3v) is 6.14. The van der Waals surface area contributed by atoms with Gasteiger partial charge in [0.05, 0.1) is 10.9 Å². The highest BCUT2D eigenvalue weighted by Gasteiger charge is 2.24. The van der Waals surface area contributed by atoms with E-state index in [0.717, 1.165) is 29.5 Å². The Labute approximate surface area is 157 Å². The summed E-state index contributed by atoms with van der Waals surface area (Å²) < 4.78 is 31.7. The molecule has 0 radical (unpaired) electrons. The van der Waals surface area contributed by atoms with Crippen LogP contribution in [0.3, 0.4) is 0 Å². The molecule has 0 spiro atoms. The monoisotopic (exact) mass is 386 g/mol. The molecule has 5 rings (SSSR count). The average Bonchev–Trinajstić information content (AvgIpc) is 3.21. The number of nitrogens with zero attached hydrogens (tertiary/aromatic N) is 4. The van der Waals surface area contributed by atoms with Crippen molar-refractivity contribution in [3.63, 3.8) is 0 Å². The normalized spacial score (nSPS) is 17.0. The molecule has 1 aliphatic carbocycles. The van der Waals surface area contributed by atoms with Gasteiger partial charge in [-0.1, -0.05) is 19.1 Å². The van der Waals surface area contributed by atoms with E-state index in [1.165, 1.54) is 16.5 Å². The van der Waals surface area contributed by atoms with Gasteiger partial charge in [-0.2, -0.15) is 8.78 Å². The molecule has 0 saturated heterocycles. The fourth-order valence-electron chi connectivity index (χ4n) is 3.70. The fourth-order valence-corrected chi connectivity index (χ4v) is 5.05. The summed E-state index contributed by atoms with van der Waals surface area (Å²) in [6, 6.07) is 6.57. The van der Waals surface area contributed by atoms with Crippen molar-refractivity contribution in [2.75, 3.05) is 0 Å². The minimum absolute atomic E-state index is 0.0637. The van der Waals surface area contributed by atoms with Crippen LogP contribution >= 0.6 is 11.3 Å². The first-order chi connectivity index (χ1) is 13.1. The largest absolute Gasteiger partial charge is 0.434 e. The number of fused-ring (bicyclic) bond motifs is 5. The number of halogens is 2. The third-order valence-electron chi connectivity index (χ3n) is 4.98. The lowest BCUT2D eigenvalue weighted by Gasteiger charge is -2.17. The Bertz CT molecular complexity index is 1150. The van der Waals surface area contributed by atoms with Crippen molar-refractivity contribution in [2.24, 2.45) is 5.92 Å². The van der Waals surface area contributed by atoms with Crippen molar-refractivity contribution in [3.05, 3.63) is 41.0 Å². The molecule has 0 saturated carbocycles. The van der Waals surface area contributed by atoms with Gasteiger partial charge in [-0.15, -0.1) is 16.4 Å². The van der Waals surface area contributed by atoms with Crippen LogP contribution in [0.1, 0.15) is 23.8 Å². The second kappa shape index (κ2) is 6.23. The van der Waals surface area contributed by atoms with E-state index in [2.05, 4.69) is 26.7 Å². The average molecular weight is 386 g/mol. The van der Waals surface area contributed by atoms with Crippen molar-refractivity contribution in [3.8, 4) is 17.1 Å². The van der Waals surface area contributed by atoms with E-state index >= 15 is 0 Å². The van der Waals surface area contributed by atoms with Gasteiger partial charge in [0.1, 0.15) is 16.9 Å². The molecule has 8 heteroatoms. The number of para-hydroxylation sites is 1. The summed E-state index contributed by atoms with van der Waals surface area (Å²) in [5, 5.41) is 5.50. The van der Waals surface area contributed by atoms with Crippen LogP contribution in [-0.2, 0) is 12.8 Å². The number of aryl methyl sites for hydroxylation is 1. The molecule has 5 nitrogen and oxygen atoms in total. The number of hydrogen-bond donors (Lipinski definition) is 0. The van der Waals surface area contributed by atoms with Crippen LogP contribution in [0.5, 0.6) is 5.75 Å². The lowest BCUT2D eigenvalue weighted by molar-refractivity contribution is -0.0494. The summed E-state index contributed by atoms with van der Waals surface area (Å²) >= 11 is 1.72. The van der Waals surface area contributed by atoms with Gasteiger partial charge in [0.2, 0.25) is 0 Å². The fraction of sp³-hybridized carbons (Fsp3) is 0.316. The quantitative estimate of drug-likeness (QED) is 0.511. The molecule has 3 heterocycles. The van der Waals surface area contributed by atoms with Crippen LogP contribution in [-0.4, -0.2) is 26.2 Å². The lowest BCUT2D eigenvalue weighted by Crippen LogP contribution is -2.08.